The fourth-order valence-electron chi connectivity index (χ4n) is 1.87. The minimum absolute atomic E-state index is 0.0187. The molecule has 0 aliphatic carbocycles. The summed E-state index contributed by atoms with van der Waals surface area (Å²) in [5.41, 5.74) is 5.57. The zero-order valence-electron chi connectivity index (χ0n) is 10.0. The topological polar surface area (TPSA) is 43.8 Å². The molecule has 2 rings (SSSR count). The van der Waals surface area contributed by atoms with Crippen LogP contribution in [0.25, 0.3) is 5.69 Å². The van der Waals surface area contributed by atoms with Crippen LogP contribution in [-0.4, -0.2) is 9.78 Å². The van der Waals surface area contributed by atoms with Crippen LogP contribution in [0.3, 0.4) is 0 Å². The maximum atomic E-state index is 13.1. The quantitative estimate of drug-likeness (QED) is 0.915. The van der Waals surface area contributed by atoms with E-state index in [1.54, 1.807) is 25.1 Å². The number of rotatable bonds is 2. The molecule has 0 amide bonds. The van der Waals surface area contributed by atoms with Gasteiger partial charge in [-0.3, -0.25) is 0 Å². The van der Waals surface area contributed by atoms with Gasteiger partial charge in [0.15, 0.2) is 5.69 Å². The van der Waals surface area contributed by atoms with E-state index in [1.165, 1.54) is 0 Å². The first-order valence-electron chi connectivity index (χ1n) is 5.45. The van der Waals surface area contributed by atoms with Crippen LogP contribution < -0.4 is 5.73 Å². The third-order valence-electron chi connectivity index (χ3n) is 2.72. The molecule has 1 aromatic heterocycles. The van der Waals surface area contributed by atoms with Crippen molar-refractivity contribution in [2.24, 2.45) is 5.73 Å². The molecular weight excluding hydrogens is 323 g/mol. The Bertz CT molecular complexity index is 605. The largest absolute Gasteiger partial charge is 0.433 e. The molecule has 0 aliphatic rings. The average molecular weight is 334 g/mol. The number of aryl methyl sites for hydroxylation is 1. The second-order valence-corrected chi connectivity index (χ2v) is 4.98. The molecule has 0 saturated carbocycles. The van der Waals surface area contributed by atoms with Crippen molar-refractivity contribution in [1.29, 1.82) is 0 Å². The molecule has 19 heavy (non-hydrogen) atoms. The molecule has 0 fully saturated rings. The smallest absolute Gasteiger partial charge is 0.326 e. The van der Waals surface area contributed by atoms with Gasteiger partial charge in [0.1, 0.15) is 0 Å². The van der Waals surface area contributed by atoms with Crippen molar-refractivity contribution >= 4 is 15.9 Å². The average Bonchev–Trinajstić information content (AvgIpc) is 2.72. The van der Waals surface area contributed by atoms with Gasteiger partial charge < -0.3 is 5.73 Å². The molecule has 3 nitrogen and oxygen atoms in total. The zero-order chi connectivity index (χ0) is 14.2. The number of benzene rings is 1. The summed E-state index contributed by atoms with van der Waals surface area (Å²) in [6.45, 7) is 1.52. The van der Waals surface area contributed by atoms with Crippen LogP contribution in [0.4, 0.5) is 13.2 Å². The molecule has 0 radical (unpaired) electrons. The summed E-state index contributed by atoms with van der Waals surface area (Å²) < 4.78 is 41.0. The zero-order valence-corrected chi connectivity index (χ0v) is 11.6. The summed E-state index contributed by atoms with van der Waals surface area (Å²) in [6, 6.07) is 4.99. The number of alkyl halides is 3. The highest BCUT2D eigenvalue weighted by atomic mass is 79.9. The van der Waals surface area contributed by atoms with Crippen molar-refractivity contribution in [1.82, 2.24) is 9.78 Å². The molecule has 0 unspecified atom stereocenters. The molecule has 0 bridgehead atoms. The molecule has 1 heterocycles. The maximum Gasteiger partial charge on any atom is 0.433 e. The fourth-order valence-corrected chi connectivity index (χ4v) is 2.35. The number of aromatic nitrogens is 2. The van der Waals surface area contributed by atoms with Crippen molar-refractivity contribution in [3.8, 4) is 5.69 Å². The summed E-state index contributed by atoms with van der Waals surface area (Å²) in [4.78, 5) is 0. The van der Waals surface area contributed by atoms with Gasteiger partial charge in [-0.15, -0.1) is 0 Å². The Morgan fingerprint density at radius 1 is 1.37 bits per heavy atom. The standard InChI is InChI=1S/C12H11BrF3N3/c1-7-4-9(13)2-3-10(7)19-11(12(14,15)16)8(5-17)6-18-19/h2-4,6H,5,17H2,1H3. The lowest BCUT2D eigenvalue weighted by molar-refractivity contribution is -0.143. The van der Waals surface area contributed by atoms with Crippen molar-refractivity contribution in [3.05, 3.63) is 45.7 Å². The van der Waals surface area contributed by atoms with E-state index in [-0.39, 0.29) is 12.1 Å². The second kappa shape index (κ2) is 4.97. The van der Waals surface area contributed by atoms with E-state index < -0.39 is 11.9 Å². The van der Waals surface area contributed by atoms with Crippen LogP contribution in [-0.2, 0) is 12.7 Å². The van der Waals surface area contributed by atoms with Crippen LogP contribution in [0.15, 0.2) is 28.9 Å². The third kappa shape index (κ3) is 2.66. The van der Waals surface area contributed by atoms with E-state index in [9.17, 15) is 13.2 Å². The van der Waals surface area contributed by atoms with Gasteiger partial charge >= 0.3 is 6.18 Å². The Balaban J connectivity index is 2.66. The number of halogens is 4. The van der Waals surface area contributed by atoms with Gasteiger partial charge in [-0.25, -0.2) is 4.68 Å². The van der Waals surface area contributed by atoms with E-state index in [1.807, 2.05) is 0 Å². The van der Waals surface area contributed by atoms with Gasteiger partial charge in [0, 0.05) is 16.6 Å². The van der Waals surface area contributed by atoms with Crippen molar-refractivity contribution < 1.29 is 13.2 Å². The number of hydrogen-bond acceptors (Lipinski definition) is 2. The number of hydrogen-bond donors (Lipinski definition) is 1. The Kier molecular flexibility index (Phi) is 3.69. The summed E-state index contributed by atoms with van der Waals surface area (Å²) in [6.07, 6.45) is -3.34. The summed E-state index contributed by atoms with van der Waals surface area (Å²) in [7, 11) is 0. The summed E-state index contributed by atoms with van der Waals surface area (Å²) >= 11 is 3.27. The van der Waals surface area contributed by atoms with Crippen LogP contribution in [0.2, 0.25) is 0 Å². The fraction of sp³-hybridized carbons (Fsp3) is 0.250. The van der Waals surface area contributed by atoms with E-state index >= 15 is 0 Å². The molecule has 0 atom stereocenters. The first kappa shape index (κ1) is 14.1. The monoisotopic (exact) mass is 333 g/mol. The molecule has 0 saturated heterocycles. The van der Waals surface area contributed by atoms with Gasteiger partial charge in [-0.05, 0) is 30.7 Å². The van der Waals surface area contributed by atoms with E-state index in [0.717, 1.165) is 15.4 Å². The normalized spacial score (nSPS) is 11.9. The lowest BCUT2D eigenvalue weighted by atomic mass is 10.2. The third-order valence-corrected chi connectivity index (χ3v) is 3.21. The SMILES string of the molecule is Cc1cc(Br)ccc1-n1ncc(CN)c1C(F)(F)F. The van der Waals surface area contributed by atoms with Gasteiger partial charge in [-0.1, -0.05) is 15.9 Å². The first-order chi connectivity index (χ1) is 8.84. The predicted molar refractivity (Wildman–Crippen MR) is 68.9 cm³/mol. The van der Waals surface area contributed by atoms with Gasteiger partial charge in [0.05, 0.1) is 11.9 Å². The Morgan fingerprint density at radius 3 is 2.58 bits per heavy atom. The molecule has 102 valence electrons. The minimum Gasteiger partial charge on any atom is -0.326 e. The van der Waals surface area contributed by atoms with Crippen LogP contribution in [0.5, 0.6) is 0 Å². The van der Waals surface area contributed by atoms with Crippen LogP contribution in [0.1, 0.15) is 16.8 Å². The van der Waals surface area contributed by atoms with Crippen molar-refractivity contribution in [3.63, 3.8) is 0 Å². The lowest BCUT2D eigenvalue weighted by Gasteiger charge is -2.14. The molecule has 1 aromatic carbocycles. The Morgan fingerprint density at radius 2 is 2.05 bits per heavy atom. The Hall–Kier alpha value is -1.34. The predicted octanol–water partition coefficient (Wildman–Crippen LogP) is 3.42. The van der Waals surface area contributed by atoms with Crippen molar-refractivity contribution in [2.45, 2.75) is 19.6 Å². The highest BCUT2D eigenvalue weighted by Crippen LogP contribution is 2.34. The van der Waals surface area contributed by atoms with Gasteiger partial charge in [-0.2, -0.15) is 18.3 Å². The van der Waals surface area contributed by atoms with E-state index in [4.69, 9.17) is 5.73 Å². The molecule has 7 heteroatoms. The van der Waals surface area contributed by atoms with E-state index in [2.05, 4.69) is 21.0 Å². The van der Waals surface area contributed by atoms with Gasteiger partial charge in [0.25, 0.3) is 0 Å². The highest BCUT2D eigenvalue weighted by Gasteiger charge is 2.38. The molecular formula is C12H11BrF3N3. The number of nitrogens with zero attached hydrogens (tertiary/aromatic N) is 2. The summed E-state index contributed by atoms with van der Waals surface area (Å²) in [5.74, 6) is 0. The lowest BCUT2D eigenvalue weighted by Crippen LogP contribution is -2.17. The van der Waals surface area contributed by atoms with Crippen LogP contribution >= 0.6 is 15.9 Å². The molecule has 0 aliphatic heterocycles. The molecule has 0 spiro atoms. The van der Waals surface area contributed by atoms with Crippen molar-refractivity contribution in [2.75, 3.05) is 0 Å². The minimum atomic E-state index is -4.50. The summed E-state index contributed by atoms with van der Waals surface area (Å²) in [5, 5.41) is 3.82. The second-order valence-electron chi connectivity index (χ2n) is 4.06. The van der Waals surface area contributed by atoms with Gasteiger partial charge in [0.2, 0.25) is 0 Å². The molecule has 2 N–H and O–H groups in total. The Labute approximate surface area is 116 Å². The molecule has 2 aromatic rings. The first-order valence-corrected chi connectivity index (χ1v) is 6.24. The highest BCUT2D eigenvalue weighted by molar-refractivity contribution is 9.10. The van der Waals surface area contributed by atoms with E-state index in [0.29, 0.717) is 11.3 Å². The van der Waals surface area contributed by atoms with Crippen LogP contribution in [0, 0.1) is 6.92 Å². The maximum absolute atomic E-state index is 13.1. The number of nitrogens with two attached hydrogens (primary N) is 1.